The van der Waals surface area contributed by atoms with E-state index in [-0.39, 0.29) is 35.5 Å². The Labute approximate surface area is 207 Å². The highest BCUT2D eigenvalue weighted by Gasteiger charge is 2.27. The van der Waals surface area contributed by atoms with E-state index >= 15 is 0 Å². The van der Waals surface area contributed by atoms with Crippen molar-refractivity contribution in [2.45, 2.75) is 36.7 Å². The highest BCUT2D eigenvalue weighted by atomic mass is 32.2. The van der Waals surface area contributed by atoms with Gasteiger partial charge in [0.25, 0.3) is 0 Å². The lowest BCUT2D eigenvalue weighted by atomic mass is 10.2. The molecule has 0 N–H and O–H groups in total. The van der Waals surface area contributed by atoms with E-state index in [1.807, 2.05) is 0 Å². The second-order valence-electron chi connectivity index (χ2n) is 8.16. The molecule has 35 heavy (non-hydrogen) atoms. The number of hydrogen-bond donors (Lipinski definition) is 0. The average Bonchev–Trinajstić information content (AvgIpc) is 3.52. The maximum atomic E-state index is 13.3. The summed E-state index contributed by atoms with van der Waals surface area (Å²) in [7, 11) is -0.512. The second-order valence-corrected chi connectivity index (χ2v) is 11.2. The molecule has 2 aromatic carbocycles. The molecule has 0 aliphatic carbocycles. The molecule has 1 aromatic heterocycles. The maximum absolute atomic E-state index is 13.3. The molecule has 8 nitrogen and oxygen atoms in total. The van der Waals surface area contributed by atoms with Gasteiger partial charge in [-0.2, -0.15) is 0 Å². The van der Waals surface area contributed by atoms with Crippen molar-refractivity contribution in [1.29, 1.82) is 0 Å². The minimum Gasteiger partial charge on any atom is -0.495 e. The summed E-state index contributed by atoms with van der Waals surface area (Å²) in [6.07, 6.45) is 1.78. The van der Waals surface area contributed by atoms with E-state index < -0.39 is 15.7 Å². The van der Waals surface area contributed by atoms with Gasteiger partial charge in [-0.05, 0) is 55.7 Å². The molecule has 1 aliphatic heterocycles. The fraction of sp³-hybridized carbons (Fsp3) is 0.417. The van der Waals surface area contributed by atoms with E-state index in [1.54, 1.807) is 31.3 Å². The summed E-state index contributed by atoms with van der Waals surface area (Å²) >= 11 is 1.31. The van der Waals surface area contributed by atoms with Crippen molar-refractivity contribution >= 4 is 42.4 Å². The smallest absolute Gasteiger partial charge is 0.228 e. The lowest BCUT2D eigenvalue weighted by molar-refractivity contribution is -0.119. The number of aromatic nitrogens is 1. The summed E-state index contributed by atoms with van der Waals surface area (Å²) in [4.78, 5) is 19.6. The second kappa shape index (κ2) is 10.9. The fourth-order valence-electron chi connectivity index (χ4n) is 3.98. The molecule has 0 radical (unpaired) electrons. The summed E-state index contributed by atoms with van der Waals surface area (Å²) in [5.74, 6) is 0.220. The largest absolute Gasteiger partial charge is 0.495 e. The quantitative estimate of drug-likeness (QED) is 0.368. The van der Waals surface area contributed by atoms with Crippen molar-refractivity contribution in [3.05, 3.63) is 42.2 Å². The average molecular weight is 523 g/mol. The number of rotatable bonds is 10. The minimum absolute atomic E-state index is 0.0112. The predicted octanol–water partition coefficient (Wildman–Crippen LogP) is 4.22. The molecule has 11 heteroatoms. The lowest BCUT2D eigenvalue weighted by Gasteiger charge is -2.23. The molecule has 1 unspecified atom stereocenters. The molecule has 3 aromatic rings. The van der Waals surface area contributed by atoms with Crippen molar-refractivity contribution in [3.63, 3.8) is 0 Å². The molecule has 0 saturated carbocycles. The van der Waals surface area contributed by atoms with Crippen LogP contribution < -0.4 is 14.4 Å². The van der Waals surface area contributed by atoms with E-state index in [1.165, 1.54) is 23.5 Å². The molecule has 0 spiro atoms. The first-order chi connectivity index (χ1) is 16.8. The number of carbonyl (C=O) groups excluding carboxylic acids is 1. The van der Waals surface area contributed by atoms with Crippen LogP contribution in [-0.4, -0.2) is 58.5 Å². The van der Waals surface area contributed by atoms with Gasteiger partial charge >= 0.3 is 0 Å². The van der Waals surface area contributed by atoms with Crippen LogP contribution in [0.3, 0.4) is 0 Å². The van der Waals surface area contributed by atoms with Crippen LogP contribution >= 0.6 is 11.3 Å². The van der Waals surface area contributed by atoms with Crippen molar-refractivity contribution in [3.8, 4) is 11.5 Å². The maximum Gasteiger partial charge on any atom is 0.228 e. The third-order valence-corrected chi connectivity index (χ3v) is 8.73. The molecule has 188 valence electrons. The number of amides is 1. The van der Waals surface area contributed by atoms with Crippen LogP contribution in [-0.2, 0) is 19.4 Å². The molecule has 1 amide bonds. The van der Waals surface area contributed by atoms with Crippen LogP contribution in [0.15, 0.2) is 41.3 Å². The van der Waals surface area contributed by atoms with Crippen LogP contribution in [0.5, 0.6) is 11.5 Å². The van der Waals surface area contributed by atoms with Gasteiger partial charge in [0.1, 0.15) is 27.5 Å². The molecular weight excluding hydrogens is 495 g/mol. The van der Waals surface area contributed by atoms with Crippen LogP contribution in [0.4, 0.5) is 9.52 Å². The Balaban J connectivity index is 1.54. The van der Waals surface area contributed by atoms with Gasteiger partial charge in [-0.1, -0.05) is 11.3 Å². The molecule has 1 atom stereocenters. The number of ether oxygens (including phenoxy) is 3. The molecular formula is C24H27FN2O6S2. The Morgan fingerprint density at radius 3 is 2.54 bits per heavy atom. The van der Waals surface area contributed by atoms with Crippen LogP contribution in [0.2, 0.25) is 0 Å². The van der Waals surface area contributed by atoms with Crippen molar-refractivity contribution in [2.75, 3.05) is 38.0 Å². The Morgan fingerprint density at radius 2 is 1.89 bits per heavy atom. The van der Waals surface area contributed by atoms with Crippen LogP contribution in [0.25, 0.3) is 10.2 Å². The number of anilines is 1. The normalized spacial score (nSPS) is 15.9. The fourth-order valence-corrected chi connectivity index (χ4v) is 6.39. The van der Waals surface area contributed by atoms with E-state index in [0.29, 0.717) is 35.3 Å². The first kappa shape index (κ1) is 25.3. The standard InChI is InChI=1S/C24H27FN2O6S2/c1-31-19-11-12-20(32-2)23-22(19)26-24(34-23)27(15-17-5-3-13-33-17)21(28)6-4-14-35(29,30)18-9-7-16(25)8-10-18/h7-12,17H,3-6,13-15H2,1-2H3. The van der Waals surface area contributed by atoms with E-state index in [0.717, 1.165) is 29.7 Å². The Kier molecular flexibility index (Phi) is 7.88. The summed E-state index contributed by atoms with van der Waals surface area (Å²) in [5, 5.41) is 0.477. The highest BCUT2D eigenvalue weighted by molar-refractivity contribution is 7.91. The van der Waals surface area contributed by atoms with Gasteiger partial charge in [0.2, 0.25) is 5.91 Å². The Bertz CT molecular complexity index is 1250. The minimum atomic E-state index is -3.63. The SMILES string of the molecule is COc1ccc(OC)c2sc(N(CC3CCCO3)C(=O)CCCS(=O)(=O)c3ccc(F)cc3)nc12. The number of thiazole rings is 1. The first-order valence-corrected chi connectivity index (χ1v) is 13.7. The number of halogens is 1. The summed E-state index contributed by atoms with van der Waals surface area (Å²) in [6, 6.07) is 8.23. The van der Waals surface area contributed by atoms with E-state index in [4.69, 9.17) is 14.2 Å². The predicted molar refractivity (Wildman–Crippen MR) is 132 cm³/mol. The number of fused-ring (bicyclic) bond motifs is 1. The van der Waals surface area contributed by atoms with Crippen molar-refractivity contribution in [1.82, 2.24) is 4.98 Å². The van der Waals surface area contributed by atoms with Gasteiger partial charge in [-0.3, -0.25) is 9.69 Å². The van der Waals surface area contributed by atoms with Crippen molar-refractivity contribution < 1.29 is 31.8 Å². The number of benzene rings is 2. The van der Waals surface area contributed by atoms with Gasteiger partial charge in [-0.25, -0.2) is 17.8 Å². The molecule has 0 bridgehead atoms. The first-order valence-electron chi connectivity index (χ1n) is 11.2. The number of sulfone groups is 1. The van der Waals surface area contributed by atoms with Gasteiger partial charge < -0.3 is 14.2 Å². The molecule has 4 rings (SSSR count). The summed E-state index contributed by atoms with van der Waals surface area (Å²) < 4.78 is 55.7. The molecule has 1 saturated heterocycles. The zero-order valence-electron chi connectivity index (χ0n) is 19.5. The van der Waals surface area contributed by atoms with Crippen LogP contribution in [0, 0.1) is 5.82 Å². The number of hydrogen-bond acceptors (Lipinski definition) is 8. The number of methoxy groups -OCH3 is 2. The zero-order valence-corrected chi connectivity index (χ0v) is 21.2. The van der Waals surface area contributed by atoms with Gasteiger partial charge in [0.05, 0.1) is 37.5 Å². The number of nitrogens with zero attached hydrogens (tertiary/aromatic N) is 2. The molecule has 1 aliphatic rings. The molecule has 2 heterocycles. The highest BCUT2D eigenvalue weighted by Crippen LogP contribution is 2.40. The third-order valence-electron chi connectivity index (χ3n) is 5.82. The lowest BCUT2D eigenvalue weighted by Crippen LogP contribution is -2.37. The Hall–Kier alpha value is -2.76. The van der Waals surface area contributed by atoms with Crippen LogP contribution in [0.1, 0.15) is 25.7 Å². The summed E-state index contributed by atoms with van der Waals surface area (Å²) in [5.41, 5.74) is 0.593. The third kappa shape index (κ3) is 5.74. The Morgan fingerprint density at radius 1 is 1.17 bits per heavy atom. The van der Waals surface area contributed by atoms with Crippen molar-refractivity contribution in [2.24, 2.45) is 0 Å². The van der Waals surface area contributed by atoms with Gasteiger partial charge in [0.15, 0.2) is 15.0 Å². The zero-order chi connectivity index (χ0) is 25.0. The van der Waals surface area contributed by atoms with Gasteiger partial charge in [0, 0.05) is 13.0 Å². The summed E-state index contributed by atoms with van der Waals surface area (Å²) in [6.45, 7) is 0.970. The van der Waals surface area contributed by atoms with E-state index in [2.05, 4.69) is 4.98 Å². The van der Waals surface area contributed by atoms with E-state index in [9.17, 15) is 17.6 Å². The topological polar surface area (TPSA) is 95.0 Å². The monoisotopic (exact) mass is 522 g/mol. The van der Waals surface area contributed by atoms with Gasteiger partial charge in [-0.15, -0.1) is 0 Å². The number of carbonyl (C=O) groups is 1. The molecule has 1 fully saturated rings.